The minimum Gasteiger partial charge on any atom is -0.381 e. The third-order valence-electron chi connectivity index (χ3n) is 4.21. The molecule has 0 spiro atoms. The summed E-state index contributed by atoms with van der Waals surface area (Å²) in [5, 5.41) is 0. The number of hydrogen-bond acceptors (Lipinski definition) is 1. The third-order valence-corrected chi connectivity index (χ3v) is 4.21. The van der Waals surface area contributed by atoms with Crippen LogP contribution < -0.4 is 0 Å². The molecule has 0 saturated heterocycles. The van der Waals surface area contributed by atoms with Crippen molar-refractivity contribution >= 4 is 0 Å². The Morgan fingerprint density at radius 2 is 1.00 bits per heavy atom. The summed E-state index contributed by atoms with van der Waals surface area (Å²) >= 11 is 0. The second-order valence-corrected chi connectivity index (χ2v) is 7.04. The van der Waals surface area contributed by atoms with Crippen molar-refractivity contribution in [2.75, 3.05) is 13.2 Å². The topological polar surface area (TPSA) is 9.23 Å². The van der Waals surface area contributed by atoms with E-state index in [0.717, 1.165) is 19.1 Å². The first-order valence-electron chi connectivity index (χ1n) is 9.85. The van der Waals surface area contributed by atoms with Gasteiger partial charge in [0.15, 0.2) is 0 Å². The zero-order valence-corrected chi connectivity index (χ0v) is 15.3. The summed E-state index contributed by atoms with van der Waals surface area (Å²) < 4.78 is 5.71. The predicted octanol–water partition coefficient (Wildman–Crippen LogP) is 7.14. The highest BCUT2D eigenvalue weighted by molar-refractivity contribution is 4.49. The highest BCUT2D eigenvalue weighted by Crippen LogP contribution is 2.12. The lowest BCUT2D eigenvalue weighted by Crippen LogP contribution is -1.97. The van der Waals surface area contributed by atoms with E-state index in [1.807, 2.05) is 0 Å². The first kappa shape index (κ1) is 21.0. The van der Waals surface area contributed by atoms with E-state index in [1.54, 1.807) is 0 Å². The molecule has 0 aromatic rings. The van der Waals surface area contributed by atoms with Crippen molar-refractivity contribution < 1.29 is 4.74 Å². The third kappa shape index (κ3) is 20.0. The van der Waals surface area contributed by atoms with E-state index in [9.17, 15) is 0 Å². The van der Waals surface area contributed by atoms with Gasteiger partial charge in [-0.2, -0.15) is 0 Å². The van der Waals surface area contributed by atoms with Crippen LogP contribution in [0.4, 0.5) is 0 Å². The summed E-state index contributed by atoms with van der Waals surface area (Å²) in [6, 6.07) is 0. The molecule has 0 heterocycles. The fraction of sp³-hybridized carbons (Fsp3) is 1.00. The zero-order chi connectivity index (χ0) is 15.6. The summed E-state index contributed by atoms with van der Waals surface area (Å²) in [5.41, 5.74) is 0. The van der Waals surface area contributed by atoms with Gasteiger partial charge < -0.3 is 4.74 Å². The fourth-order valence-electron chi connectivity index (χ4n) is 2.73. The van der Waals surface area contributed by atoms with Gasteiger partial charge >= 0.3 is 0 Å². The highest BCUT2D eigenvalue weighted by atomic mass is 16.5. The van der Waals surface area contributed by atoms with Gasteiger partial charge in [0.1, 0.15) is 0 Å². The molecular formula is C20H42O. The molecule has 1 nitrogen and oxygen atoms in total. The van der Waals surface area contributed by atoms with E-state index >= 15 is 0 Å². The van der Waals surface area contributed by atoms with E-state index < -0.39 is 0 Å². The fourth-order valence-corrected chi connectivity index (χ4v) is 2.73. The molecule has 21 heavy (non-hydrogen) atoms. The van der Waals surface area contributed by atoms with Crippen molar-refractivity contribution in [2.24, 2.45) is 5.92 Å². The van der Waals surface area contributed by atoms with Gasteiger partial charge in [-0.05, 0) is 18.8 Å². The predicted molar refractivity (Wildman–Crippen MR) is 96.0 cm³/mol. The Bertz CT molecular complexity index is 177. The van der Waals surface area contributed by atoms with Gasteiger partial charge in [0.25, 0.3) is 0 Å². The quantitative estimate of drug-likeness (QED) is 0.259. The van der Waals surface area contributed by atoms with Crippen LogP contribution in [0.5, 0.6) is 0 Å². The second-order valence-electron chi connectivity index (χ2n) is 7.04. The highest BCUT2D eigenvalue weighted by Gasteiger charge is 1.95. The molecule has 0 N–H and O–H groups in total. The van der Waals surface area contributed by atoms with E-state index in [4.69, 9.17) is 4.74 Å². The van der Waals surface area contributed by atoms with Gasteiger partial charge in [-0.1, -0.05) is 97.8 Å². The van der Waals surface area contributed by atoms with Crippen LogP contribution in [0, 0.1) is 5.92 Å². The standard InChI is InChI=1S/C20H42O/c1-4-5-6-7-12-15-18-21-19-16-13-10-8-9-11-14-17-20(2)3/h20H,4-19H2,1-3H3. The second kappa shape index (κ2) is 18.0. The van der Waals surface area contributed by atoms with Crippen molar-refractivity contribution in [1.82, 2.24) is 0 Å². The monoisotopic (exact) mass is 298 g/mol. The molecule has 128 valence electrons. The minimum absolute atomic E-state index is 0.883. The van der Waals surface area contributed by atoms with Crippen molar-refractivity contribution in [1.29, 1.82) is 0 Å². The zero-order valence-electron chi connectivity index (χ0n) is 15.3. The van der Waals surface area contributed by atoms with Crippen LogP contribution in [0.2, 0.25) is 0 Å². The Morgan fingerprint density at radius 3 is 1.48 bits per heavy atom. The van der Waals surface area contributed by atoms with Gasteiger partial charge in [-0.15, -0.1) is 0 Å². The summed E-state index contributed by atoms with van der Waals surface area (Å²) in [4.78, 5) is 0. The van der Waals surface area contributed by atoms with Crippen LogP contribution >= 0.6 is 0 Å². The largest absolute Gasteiger partial charge is 0.381 e. The van der Waals surface area contributed by atoms with Gasteiger partial charge in [-0.3, -0.25) is 0 Å². The maximum atomic E-state index is 5.71. The van der Waals surface area contributed by atoms with Crippen LogP contribution in [0.1, 0.15) is 111 Å². The van der Waals surface area contributed by atoms with E-state index in [0.29, 0.717) is 0 Å². The molecule has 0 fully saturated rings. The SMILES string of the molecule is CCCCCCCCOCCCCCCCCCC(C)C. The maximum absolute atomic E-state index is 5.71. The lowest BCUT2D eigenvalue weighted by atomic mass is 10.0. The van der Waals surface area contributed by atoms with Crippen molar-refractivity contribution in [2.45, 2.75) is 111 Å². The van der Waals surface area contributed by atoms with Gasteiger partial charge in [-0.25, -0.2) is 0 Å². The Labute approximate surface area is 135 Å². The van der Waals surface area contributed by atoms with E-state index in [-0.39, 0.29) is 0 Å². The Balaban J connectivity index is 2.93. The Hall–Kier alpha value is -0.0400. The summed E-state index contributed by atoms with van der Waals surface area (Å²) in [5.74, 6) is 0.883. The molecular weight excluding hydrogens is 256 g/mol. The molecule has 0 amide bonds. The van der Waals surface area contributed by atoms with Gasteiger partial charge in [0, 0.05) is 13.2 Å². The molecule has 0 bridgehead atoms. The lowest BCUT2D eigenvalue weighted by molar-refractivity contribution is 0.125. The molecule has 0 unspecified atom stereocenters. The van der Waals surface area contributed by atoms with Gasteiger partial charge in [0.2, 0.25) is 0 Å². The van der Waals surface area contributed by atoms with E-state index in [1.165, 1.54) is 89.9 Å². The minimum atomic E-state index is 0.883. The molecule has 0 atom stereocenters. The molecule has 0 aliphatic rings. The van der Waals surface area contributed by atoms with Crippen LogP contribution in [-0.2, 0) is 4.74 Å². The summed E-state index contributed by atoms with van der Waals surface area (Å²) in [6.45, 7) is 8.90. The number of hydrogen-bond donors (Lipinski definition) is 0. The average Bonchev–Trinajstić information content (AvgIpc) is 2.46. The van der Waals surface area contributed by atoms with Crippen molar-refractivity contribution in [3.05, 3.63) is 0 Å². The molecule has 0 radical (unpaired) electrons. The molecule has 1 heteroatoms. The molecule has 0 aromatic heterocycles. The number of unbranched alkanes of at least 4 members (excludes halogenated alkanes) is 11. The summed E-state index contributed by atoms with van der Waals surface area (Å²) in [6.07, 6.45) is 19.3. The van der Waals surface area contributed by atoms with Gasteiger partial charge in [0.05, 0.1) is 0 Å². The first-order chi connectivity index (χ1) is 10.3. The Kier molecular flexibility index (Phi) is 18.0. The molecule has 0 rings (SSSR count). The molecule has 0 aliphatic heterocycles. The van der Waals surface area contributed by atoms with Crippen LogP contribution in [-0.4, -0.2) is 13.2 Å². The van der Waals surface area contributed by atoms with Crippen molar-refractivity contribution in [3.8, 4) is 0 Å². The number of ether oxygens (including phenoxy) is 1. The average molecular weight is 299 g/mol. The van der Waals surface area contributed by atoms with Crippen molar-refractivity contribution in [3.63, 3.8) is 0 Å². The maximum Gasteiger partial charge on any atom is 0.0466 e. The first-order valence-corrected chi connectivity index (χ1v) is 9.85. The smallest absolute Gasteiger partial charge is 0.0466 e. The Morgan fingerprint density at radius 1 is 0.571 bits per heavy atom. The molecule has 0 aromatic carbocycles. The number of rotatable bonds is 17. The van der Waals surface area contributed by atoms with Crippen LogP contribution in [0.25, 0.3) is 0 Å². The summed E-state index contributed by atoms with van der Waals surface area (Å²) in [7, 11) is 0. The van der Waals surface area contributed by atoms with Crippen LogP contribution in [0.15, 0.2) is 0 Å². The van der Waals surface area contributed by atoms with E-state index in [2.05, 4.69) is 20.8 Å². The lowest BCUT2D eigenvalue weighted by Gasteiger charge is -2.05. The molecule has 0 saturated carbocycles. The normalized spacial score (nSPS) is 11.4. The van der Waals surface area contributed by atoms with Crippen LogP contribution in [0.3, 0.4) is 0 Å². The molecule has 0 aliphatic carbocycles.